The Hall–Kier alpha value is -2.40. The summed E-state index contributed by atoms with van der Waals surface area (Å²) in [7, 11) is 1.65. The highest BCUT2D eigenvalue weighted by molar-refractivity contribution is 5.94. The standard InChI is InChI=1S/C17H21N3O2/c1-22-12-11-18-16-8-7-15(13-20-16)17(21)19-10-9-14-5-3-2-4-6-14/h2-8,13H,9-12H2,1H3,(H,18,20)(H,19,21). The molecular formula is C17H21N3O2. The number of methoxy groups -OCH3 is 1. The highest BCUT2D eigenvalue weighted by Crippen LogP contribution is 2.05. The number of carbonyl (C=O) groups is 1. The molecule has 0 aliphatic heterocycles. The van der Waals surface area contributed by atoms with Gasteiger partial charge >= 0.3 is 0 Å². The maximum atomic E-state index is 12.0. The van der Waals surface area contributed by atoms with Crippen molar-refractivity contribution in [1.82, 2.24) is 10.3 Å². The third kappa shape index (κ3) is 5.18. The zero-order valence-corrected chi connectivity index (χ0v) is 12.7. The van der Waals surface area contributed by atoms with E-state index in [0.29, 0.717) is 25.3 Å². The molecular weight excluding hydrogens is 278 g/mol. The average Bonchev–Trinajstić information content (AvgIpc) is 2.56. The lowest BCUT2D eigenvalue weighted by molar-refractivity contribution is 0.0954. The molecule has 2 N–H and O–H groups in total. The second-order valence-electron chi connectivity index (χ2n) is 4.84. The molecule has 116 valence electrons. The number of hydrogen-bond donors (Lipinski definition) is 2. The molecule has 5 heteroatoms. The van der Waals surface area contributed by atoms with Crippen molar-refractivity contribution in [3.05, 3.63) is 59.8 Å². The first-order chi connectivity index (χ1) is 10.8. The van der Waals surface area contributed by atoms with E-state index in [1.54, 1.807) is 25.4 Å². The van der Waals surface area contributed by atoms with Crippen LogP contribution in [0.5, 0.6) is 0 Å². The molecule has 0 bridgehead atoms. The SMILES string of the molecule is COCCNc1ccc(C(=O)NCCc2ccccc2)cn1. The minimum atomic E-state index is -0.105. The van der Waals surface area contributed by atoms with Crippen LogP contribution in [0, 0.1) is 0 Å². The minimum absolute atomic E-state index is 0.105. The maximum absolute atomic E-state index is 12.0. The van der Waals surface area contributed by atoms with E-state index in [0.717, 1.165) is 12.2 Å². The molecule has 1 aromatic heterocycles. The van der Waals surface area contributed by atoms with E-state index in [2.05, 4.69) is 15.6 Å². The third-order valence-corrected chi connectivity index (χ3v) is 3.18. The van der Waals surface area contributed by atoms with Gasteiger partial charge in [-0.05, 0) is 24.1 Å². The van der Waals surface area contributed by atoms with Gasteiger partial charge < -0.3 is 15.4 Å². The lowest BCUT2D eigenvalue weighted by Gasteiger charge is -2.07. The molecule has 0 fully saturated rings. The third-order valence-electron chi connectivity index (χ3n) is 3.18. The fourth-order valence-corrected chi connectivity index (χ4v) is 1.98. The molecule has 0 radical (unpaired) electrons. The van der Waals surface area contributed by atoms with Crippen molar-refractivity contribution in [2.75, 3.05) is 32.1 Å². The number of carbonyl (C=O) groups excluding carboxylic acids is 1. The van der Waals surface area contributed by atoms with Gasteiger partial charge in [0.15, 0.2) is 0 Å². The highest BCUT2D eigenvalue weighted by atomic mass is 16.5. The number of nitrogens with zero attached hydrogens (tertiary/aromatic N) is 1. The van der Waals surface area contributed by atoms with Crippen LogP contribution in [0.3, 0.4) is 0 Å². The lowest BCUT2D eigenvalue weighted by atomic mass is 10.1. The molecule has 0 spiro atoms. The van der Waals surface area contributed by atoms with E-state index in [1.807, 2.05) is 30.3 Å². The molecule has 0 unspecified atom stereocenters. The second kappa shape index (κ2) is 8.79. The van der Waals surface area contributed by atoms with Crippen molar-refractivity contribution >= 4 is 11.7 Å². The predicted molar refractivity (Wildman–Crippen MR) is 87.1 cm³/mol. The molecule has 1 amide bonds. The Kier molecular flexibility index (Phi) is 6.39. The minimum Gasteiger partial charge on any atom is -0.383 e. The van der Waals surface area contributed by atoms with E-state index in [4.69, 9.17) is 4.74 Å². The summed E-state index contributed by atoms with van der Waals surface area (Å²) in [5, 5.41) is 6.01. The van der Waals surface area contributed by atoms with Crippen molar-refractivity contribution < 1.29 is 9.53 Å². The normalized spacial score (nSPS) is 10.2. The van der Waals surface area contributed by atoms with Gasteiger partial charge in [0.1, 0.15) is 5.82 Å². The lowest BCUT2D eigenvalue weighted by Crippen LogP contribution is -2.25. The first-order valence-corrected chi connectivity index (χ1v) is 7.30. The van der Waals surface area contributed by atoms with Crippen molar-refractivity contribution in [3.63, 3.8) is 0 Å². The fourth-order valence-electron chi connectivity index (χ4n) is 1.98. The van der Waals surface area contributed by atoms with Gasteiger partial charge in [0.25, 0.3) is 5.91 Å². The maximum Gasteiger partial charge on any atom is 0.252 e. The van der Waals surface area contributed by atoms with Gasteiger partial charge in [-0.15, -0.1) is 0 Å². The van der Waals surface area contributed by atoms with E-state index >= 15 is 0 Å². The molecule has 0 saturated heterocycles. The van der Waals surface area contributed by atoms with Crippen molar-refractivity contribution in [2.24, 2.45) is 0 Å². The summed E-state index contributed by atoms with van der Waals surface area (Å²) in [6.45, 7) is 1.91. The van der Waals surface area contributed by atoms with E-state index < -0.39 is 0 Å². The monoisotopic (exact) mass is 299 g/mol. The van der Waals surface area contributed by atoms with Gasteiger partial charge in [0, 0.05) is 26.4 Å². The average molecular weight is 299 g/mol. The summed E-state index contributed by atoms with van der Waals surface area (Å²) in [6, 6.07) is 13.6. The number of nitrogens with one attached hydrogen (secondary N) is 2. The number of rotatable bonds is 8. The molecule has 2 aromatic rings. The van der Waals surface area contributed by atoms with Gasteiger partial charge in [0.2, 0.25) is 0 Å². The second-order valence-corrected chi connectivity index (χ2v) is 4.84. The quantitative estimate of drug-likeness (QED) is 0.733. The summed E-state index contributed by atoms with van der Waals surface area (Å²) in [6.07, 6.45) is 2.39. The van der Waals surface area contributed by atoms with E-state index in [-0.39, 0.29) is 5.91 Å². The Labute approximate surface area is 130 Å². The fraction of sp³-hybridized carbons (Fsp3) is 0.294. The largest absolute Gasteiger partial charge is 0.383 e. The van der Waals surface area contributed by atoms with Crippen LogP contribution in [0.25, 0.3) is 0 Å². The van der Waals surface area contributed by atoms with Crippen molar-refractivity contribution in [2.45, 2.75) is 6.42 Å². The van der Waals surface area contributed by atoms with E-state index in [1.165, 1.54) is 5.56 Å². The summed E-state index contributed by atoms with van der Waals surface area (Å²) in [4.78, 5) is 16.2. The number of amides is 1. The van der Waals surface area contributed by atoms with Crippen LogP contribution >= 0.6 is 0 Å². The number of aromatic nitrogens is 1. The summed E-state index contributed by atoms with van der Waals surface area (Å²) in [5.41, 5.74) is 1.77. The molecule has 22 heavy (non-hydrogen) atoms. The number of anilines is 1. The molecule has 1 heterocycles. The zero-order chi connectivity index (χ0) is 15.6. The summed E-state index contributed by atoms with van der Waals surface area (Å²) >= 11 is 0. The van der Waals surface area contributed by atoms with E-state index in [9.17, 15) is 4.79 Å². The smallest absolute Gasteiger partial charge is 0.252 e. The van der Waals surface area contributed by atoms with Gasteiger partial charge in [-0.2, -0.15) is 0 Å². The molecule has 0 aliphatic carbocycles. The van der Waals surface area contributed by atoms with Crippen LogP contribution in [0.4, 0.5) is 5.82 Å². The topological polar surface area (TPSA) is 63.2 Å². The van der Waals surface area contributed by atoms with Crippen LogP contribution in [-0.2, 0) is 11.2 Å². The van der Waals surface area contributed by atoms with Gasteiger partial charge in [-0.25, -0.2) is 4.98 Å². The number of pyridine rings is 1. The Morgan fingerprint density at radius 1 is 1.14 bits per heavy atom. The molecule has 0 saturated carbocycles. The van der Waals surface area contributed by atoms with Crippen LogP contribution < -0.4 is 10.6 Å². The van der Waals surface area contributed by atoms with Crippen molar-refractivity contribution in [1.29, 1.82) is 0 Å². The molecule has 0 aliphatic rings. The van der Waals surface area contributed by atoms with Crippen molar-refractivity contribution in [3.8, 4) is 0 Å². The first-order valence-electron chi connectivity index (χ1n) is 7.30. The summed E-state index contributed by atoms with van der Waals surface area (Å²) in [5.74, 6) is 0.629. The Morgan fingerprint density at radius 3 is 2.64 bits per heavy atom. The number of ether oxygens (including phenoxy) is 1. The molecule has 0 atom stereocenters. The predicted octanol–water partition coefficient (Wildman–Crippen LogP) is 2.11. The number of benzene rings is 1. The van der Waals surface area contributed by atoms with Crippen LogP contribution in [0.15, 0.2) is 48.7 Å². The molecule has 2 rings (SSSR count). The van der Waals surface area contributed by atoms with Gasteiger partial charge in [-0.1, -0.05) is 30.3 Å². The van der Waals surface area contributed by atoms with Crippen LogP contribution in [0.1, 0.15) is 15.9 Å². The Morgan fingerprint density at radius 2 is 1.95 bits per heavy atom. The summed E-state index contributed by atoms with van der Waals surface area (Å²) < 4.78 is 4.95. The highest BCUT2D eigenvalue weighted by Gasteiger charge is 2.05. The van der Waals surface area contributed by atoms with Gasteiger partial charge in [-0.3, -0.25) is 4.79 Å². The van der Waals surface area contributed by atoms with Crippen LogP contribution in [0.2, 0.25) is 0 Å². The Bertz CT molecular complexity index is 570. The molecule has 5 nitrogen and oxygen atoms in total. The zero-order valence-electron chi connectivity index (χ0n) is 12.7. The number of hydrogen-bond acceptors (Lipinski definition) is 4. The first kappa shape index (κ1) is 16.0. The van der Waals surface area contributed by atoms with Gasteiger partial charge in [0.05, 0.1) is 12.2 Å². The molecule has 1 aromatic carbocycles. The van der Waals surface area contributed by atoms with Crippen LogP contribution in [-0.4, -0.2) is 37.7 Å². The Balaban J connectivity index is 1.77.